The molecule has 0 heterocycles. The van der Waals surface area contributed by atoms with Crippen LogP contribution in [-0.2, 0) is 0 Å². The lowest BCUT2D eigenvalue weighted by molar-refractivity contribution is 0.319. The number of aryl methyl sites for hydroxylation is 2. The molecule has 24 heavy (non-hydrogen) atoms. The standard InChI is InChI=1S/C22H26O2/c1-5-11-23-21-17-9-7-16(4)14-20(17)22(24-12-6-2)18-10-8-15(3)13-19(18)21/h7-10,13-14H,5-6,11-12H2,1-4H3. The van der Waals surface area contributed by atoms with E-state index in [0.29, 0.717) is 0 Å². The Bertz CT molecular complexity index is 791. The molecular formula is C22H26O2. The van der Waals surface area contributed by atoms with Crippen LogP contribution in [0.2, 0.25) is 0 Å². The molecule has 0 unspecified atom stereocenters. The van der Waals surface area contributed by atoms with Gasteiger partial charge in [-0.3, -0.25) is 0 Å². The zero-order valence-electron chi connectivity index (χ0n) is 15.1. The molecule has 3 aromatic rings. The fraction of sp³-hybridized carbons (Fsp3) is 0.364. The molecule has 3 aromatic carbocycles. The highest BCUT2D eigenvalue weighted by molar-refractivity contribution is 6.11. The topological polar surface area (TPSA) is 18.5 Å². The van der Waals surface area contributed by atoms with Gasteiger partial charge >= 0.3 is 0 Å². The van der Waals surface area contributed by atoms with Crippen molar-refractivity contribution < 1.29 is 9.47 Å². The Morgan fingerprint density at radius 2 is 1.04 bits per heavy atom. The maximum Gasteiger partial charge on any atom is 0.135 e. The summed E-state index contributed by atoms with van der Waals surface area (Å²) in [5.74, 6) is 1.96. The summed E-state index contributed by atoms with van der Waals surface area (Å²) in [5, 5.41) is 4.56. The van der Waals surface area contributed by atoms with Gasteiger partial charge in [-0.05, 0) is 38.8 Å². The maximum atomic E-state index is 6.18. The van der Waals surface area contributed by atoms with Gasteiger partial charge < -0.3 is 9.47 Å². The zero-order chi connectivity index (χ0) is 17.1. The molecule has 0 radical (unpaired) electrons. The first kappa shape index (κ1) is 16.6. The van der Waals surface area contributed by atoms with Gasteiger partial charge in [-0.2, -0.15) is 0 Å². The summed E-state index contributed by atoms with van der Waals surface area (Å²) < 4.78 is 12.4. The monoisotopic (exact) mass is 322 g/mol. The van der Waals surface area contributed by atoms with Crippen LogP contribution in [0.4, 0.5) is 0 Å². The minimum Gasteiger partial charge on any atom is -0.492 e. The van der Waals surface area contributed by atoms with Crippen LogP contribution in [-0.4, -0.2) is 13.2 Å². The maximum absolute atomic E-state index is 6.18. The molecule has 0 N–H and O–H groups in total. The average molecular weight is 322 g/mol. The quantitative estimate of drug-likeness (QED) is 0.504. The third kappa shape index (κ3) is 3.06. The van der Waals surface area contributed by atoms with Gasteiger partial charge in [0.2, 0.25) is 0 Å². The summed E-state index contributed by atoms with van der Waals surface area (Å²) in [4.78, 5) is 0. The molecule has 0 amide bonds. The minimum absolute atomic E-state index is 0.723. The van der Waals surface area contributed by atoms with Crippen LogP contribution in [0.25, 0.3) is 21.5 Å². The van der Waals surface area contributed by atoms with Crippen LogP contribution in [0.3, 0.4) is 0 Å². The Labute approximate surface area is 144 Å². The van der Waals surface area contributed by atoms with Crippen LogP contribution in [0, 0.1) is 13.8 Å². The van der Waals surface area contributed by atoms with Gasteiger partial charge in [-0.25, -0.2) is 0 Å². The normalized spacial score (nSPS) is 11.2. The van der Waals surface area contributed by atoms with Gasteiger partial charge in [0.25, 0.3) is 0 Å². The second-order valence-electron chi connectivity index (χ2n) is 6.45. The lowest BCUT2D eigenvalue weighted by atomic mass is 9.98. The molecule has 3 rings (SSSR count). The van der Waals surface area contributed by atoms with E-state index in [1.165, 1.54) is 11.1 Å². The molecule has 0 spiro atoms. The summed E-state index contributed by atoms with van der Waals surface area (Å²) in [6, 6.07) is 13.0. The Morgan fingerprint density at radius 1 is 0.625 bits per heavy atom. The molecule has 126 valence electrons. The van der Waals surface area contributed by atoms with E-state index >= 15 is 0 Å². The Morgan fingerprint density at radius 3 is 1.42 bits per heavy atom. The number of hydrogen-bond donors (Lipinski definition) is 0. The van der Waals surface area contributed by atoms with Crippen molar-refractivity contribution >= 4 is 21.5 Å². The fourth-order valence-corrected chi connectivity index (χ4v) is 3.10. The molecule has 0 saturated carbocycles. The van der Waals surface area contributed by atoms with Crippen molar-refractivity contribution in [3.8, 4) is 11.5 Å². The van der Waals surface area contributed by atoms with Crippen molar-refractivity contribution in [1.82, 2.24) is 0 Å². The lowest BCUT2D eigenvalue weighted by Gasteiger charge is -2.18. The second-order valence-corrected chi connectivity index (χ2v) is 6.45. The van der Waals surface area contributed by atoms with Crippen molar-refractivity contribution in [1.29, 1.82) is 0 Å². The first-order valence-corrected chi connectivity index (χ1v) is 8.88. The van der Waals surface area contributed by atoms with Crippen molar-refractivity contribution in [3.63, 3.8) is 0 Å². The van der Waals surface area contributed by atoms with Crippen LogP contribution in [0.1, 0.15) is 37.8 Å². The molecule has 0 aliphatic heterocycles. The highest BCUT2D eigenvalue weighted by Crippen LogP contribution is 2.43. The van der Waals surface area contributed by atoms with E-state index in [9.17, 15) is 0 Å². The second kappa shape index (κ2) is 7.12. The van der Waals surface area contributed by atoms with E-state index in [2.05, 4.69) is 64.1 Å². The zero-order valence-corrected chi connectivity index (χ0v) is 15.1. The molecule has 0 bridgehead atoms. The van der Waals surface area contributed by atoms with Gasteiger partial charge in [0.05, 0.1) is 13.2 Å². The van der Waals surface area contributed by atoms with Crippen molar-refractivity contribution in [2.45, 2.75) is 40.5 Å². The summed E-state index contributed by atoms with van der Waals surface area (Å²) in [5.41, 5.74) is 2.47. The molecular weight excluding hydrogens is 296 g/mol. The average Bonchev–Trinajstić information content (AvgIpc) is 2.58. The Balaban J connectivity index is 2.38. The van der Waals surface area contributed by atoms with Crippen LogP contribution < -0.4 is 9.47 Å². The molecule has 2 heteroatoms. The SMILES string of the molecule is CCCOc1c2ccc(C)cc2c(OCCC)c2ccc(C)cc12. The van der Waals surface area contributed by atoms with E-state index in [0.717, 1.165) is 59.1 Å². The molecule has 0 aromatic heterocycles. The summed E-state index contributed by atoms with van der Waals surface area (Å²) >= 11 is 0. The molecule has 0 aliphatic rings. The van der Waals surface area contributed by atoms with E-state index in [1.54, 1.807) is 0 Å². The number of ether oxygens (including phenoxy) is 2. The first-order valence-electron chi connectivity index (χ1n) is 8.88. The number of rotatable bonds is 6. The third-order valence-electron chi connectivity index (χ3n) is 4.23. The smallest absolute Gasteiger partial charge is 0.135 e. The number of benzene rings is 3. The van der Waals surface area contributed by atoms with E-state index < -0.39 is 0 Å². The van der Waals surface area contributed by atoms with E-state index in [1.807, 2.05) is 0 Å². The number of hydrogen-bond acceptors (Lipinski definition) is 2. The van der Waals surface area contributed by atoms with Crippen molar-refractivity contribution in [2.75, 3.05) is 13.2 Å². The molecule has 0 atom stereocenters. The van der Waals surface area contributed by atoms with E-state index in [-0.39, 0.29) is 0 Å². The van der Waals surface area contributed by atoms with Gasteiger partial charge in [-0.15, -0.1) is 0 Å². The van der Waals surface area contributed by atoms with Gasteiger partial charge in [0.15, 0.2) is 0 Å². The van der Waals surface area contributed by atoms with Crippen molar-refractivity contribution in [2.24, 2.45) is 0 Å². The fourth-order valence-electron chi connectivity index (χ4n) is 3.10. The molecule has 2 nitrogen and oxygen atoms in total. The van der Waals surface area contributed by atoms with Gasteiger partial charge in [0, 0.05) is 21.5 Å². The van der Waals surface area contributed by atoms with Crippen LogP contribution in [0.15, 0.2) is 36.4 Å². The Hall–Kier alpha value is -2.22. The minimum atomic E-state index is 0.723. The van der Waals surface area contributed by atoms with Gasteiger partial charge in [-0.1, -0.05) is 49.2 Å². The summed E-state index contributed by atoms with van der Waals surface area (Å²) in [6.07, 6.45) is 1.99. The molecule has 0 aliphatic carbocycles. The van der Waals surface area contributed by atoms with Gasteiger partial charge in [0.1, 0.15) is 11.5 Å². The van der Waals surface area contributed by atoms with Crippen molar-refractivity contribution in [3.05, 3.63) is 47.5 Å². The Kier molecular flexibility index (Phi) is 4.94. The summed E-state index contributed by atoms with van der Waals surface area (Å²) in [7, 11) is 0. The van der Waals surface area contributed by atoms with Crippen LogP contribution >= 0.6 is 0 Å². The summed E-state index contributed by atoms with van der Waals surface area (Å²) in [6.45, 7) is 9.96. The number of fused-ring (bicyclic) bond motifs is 2. The highest BCUT2D eigenvalue weighted by atomic mass is 16.5. The molecule has 0 saturated heterocycles. The first-order chi connectivity index (χ1) is 11.7. The third-order valence-corrected chi connectivity index (χ3v) is 4.23. The largest absolute Gasteiger partial charge is 0.492 e. The van der Waals surface area contributed by atoms with E-state index in [4.69, 9.17) is 9.47 Å². The van der Waals surface area contributed by atoms with Crippen LogP contribution in [0.5, 0.6) is 11.5 Å². The lowest BCUT2D eigenvalue weighted by Crippen LogP contribution is -2.01. The molecule has 0 fully saturated rings. The predicted molar refractivity (Wildman–Crippen MR) is 103 cm³/mol. The highest BCUT2D eigenvalue weighted by Gasteiger charge is 2.16. The predicted octanol–water partition coefficient (Wildman–Crippen LogP) is 6.19.